The van der Waals surface area contributed by atoms with Gasteiger partial charge in [-0.15, -0.1) is 0 Å². The normalized spacial score (nSPS) is 14.8. The fraction of sp³-hybridized carbons (Fsp3) is 0.342. The monoisotopic (exact) mass is 693 g/mol. The maximum atomic E-state index is 13.4. The average Bonchev–Trinajstić information content (AvgIpc) is 3.11. The van der Waals surface area contributed by atoms with Crippen LogP contribution in [0, 0.1) is 0 Å². The van der Waals surface area contributed by atoms with E-state index >= 15 is 0 Å². The first-order valence-corrected chi connectivity index (χ1v) is 16.4. The lowest BCUT2D eigenvalue weighted by atomic mass is 9.74. The number of allylic oxidation sites excluding steroid dienone is 3. The summed E-state index contributed by atoms with van der Waals surface area (Å²) in [5.41, 5.74) is 0.697. The highest BCUT2D eigenvalue weighted by molar-refractivity contribution is 6.11. The Bertz CT molecular complexity index is 1710. The Balaban J connectivity index is 1.46. The summed E-state index contributed by atoms with van der Waals surface area (Å²) in [7, 11) is 1.42. The Labute approximate surface area is 289 Å². The van der Waals surface area contributed by atoms with Crippen molar-refractivity contribution >= 4 is 29.0 Å². The molecule has 1 aliphatic rings. The molecule has 3 aromatic rings. The van der Waals surface area contributed by atoms with E-state index in [1.165, 1.54) is 19.2 Å². The SMILES string of the molecule is CCNC(=O)C(CCOC(=O)Cc1ccc(NC(=O)C2=C(c3ccc(C(F)(F)F)cc3)C=CCC2)c(OC)c1)(c1ccccc1)C(O)NCC. The van der Waals surface area contributed by atoms with Crippen molar-refractivity contribution in [2.75, 3.05) is 32.1 Å². The second-order valence-corrected chi connectivity index (χ2v) is 11.7. The molecule has 0 spiro atoms. The molecule has 4 N–H and O–H groups in total. The Morgan fingerprint density at radius 1 is 0.940 bits per heavy atom. The molecule has 1 aliphatic carbocycles. The maximum absolute atomic E-state index is 13.4. The third-order valence-electron chi connectivity index (χ3n) is 8.49. The van der Waals surface area contributed by atoms with E-state index in [-0.39, 0.29) is 19.4 Å². The van der Waals surface area contributed by atoms with Crippen LogP contribution in [0.5, 0.6) is 5.75 Å². The van der Waals surface area contributed by atoms with Gasteiger partial charge < -0.3 is 25.2 Å². The average molecular weight is 694 g/mol. The molecule has 0 bridgehead atoms. The molecule has 12 heteroatoms. The van der Waals surface area contributed by atoms with Crippen molar-refractivity contribution in [1.29, 1.82) is 0 Å². The van der Waals surface area contributed by atoms with Gasteiger partial charge in [0.2, 0.25) is 5.91 Å². The van der Waals surface area contributed by atoms with E-state index < -0.39 is 41.2 Å². The molecule has 4 rings (SSSR count). The van der Waals surface area contributed by atoms with E-state index in [0.717, 1.165) is 12.1 Å². The summed E-state index contributed by atoms with van der Waals surface area (Å²) in [5, 5.41) is 19.7. The van der Waals surface area contributed by atoms with Crippen molar-refractivity contribution in [3.8, 4) is 5.75 Å². The summed E-state index contributed by atoms with van der Waals surface area (Å²) in [4.78, 5) is 39.8. The fourth-order valence-electron chi connectivity index (χ4n) is 5.93. The summed E-state index contributed by atoms with van der Waals surface area (Å²) in [6.07, 6.45) is -1.26. The second-order valence-electron chi connectivity index (χ2n) is 11.7. The Morgan fingerprint density at radius 2 is 1.66 bits per heavy atom. The van der Waals surface area contributed by atoms with Crippen LogP contribution in [0.4, 0.5) is 18.9 Å². The fourth-order valence-corrected chi connectivity index (χ4v) is 5.93. The summed E-state index contributed by atoms with van der Waals surface area (Å²) >= 11 is 0. The molecular weight excluding hydrogens is 651 g/mol. The van der Waals surface area contributed by atoms with Gasteiger partial charge in [0.15, 0.2) is 0 Å². The number of halogens is 3. The highest BCUT2D eigenvalue weighted by Crippen LogP contribution is 2.35. The molecule has 0 fully saturated rings. The number of esters is 1. The minimum atomic E-state index is -4.47. The zero-order chi connectivity index (χ0) is 36.3. The molecule has 3 aromatic carbocycles. The number of nitrogens with one attached hydrogen (secondary N) is 3. The largest absolute Gasteiger partial charge is 0.495 e. The number of aliphatic hydroxyl groups is 1. The summed E-state index contributed by atoms with van der Waals surface area (Å²) < 4.78 is 50.3. The topological polar surface area (TPSA) is 126 Å². The zero-order valence-electron chi connectivity index (χ0n) is 28.2. The maximum Gasteiger partial charge on any atom is 0.416 e. The molecular formula is C38H42F3N3O6. The highest BCUT2D eigenvalue weighted by atomic mass is 19.4. The van der Waals surface area contributed by atoms with Crippen LogP contribution in [0.2, 0.25) is 0 Å². The molecule has 9 nitrogen and oxygen atoms in total. The number of rotatable bonds is 15. The first-order valence-electron chi connectivity index (χ1n) is 16.4. The Morgan fingerprint density at radius 3 is 2.30 bits per heavy atom. The van der Waals surface area contributed by atoms with Crippen LogP contribution in [0.3, 0.4) is 0 Å². The van der Waals surface area contributed by atoms with Crippen molar-refractivity contribution in [2.45, 2.75) is 57.3 Å². The van der Waals surface area contributed by atoms with Crippen molar-refractivity contribution in [3.05, 3.63) is 113 Å². The molecule has 0 saturated carbocycles. The summed E-state index contributed by atoms with van der Waals surface area (Å²) in [6.45, 7) is 4.20. The number of amides is 2. The number of likely N-dealkylation sites (N-methyl/N-ethyl adjacent to an activating group) is 2. The van der Waals surface area contributed by atoms with Gasteiger partial charge in [-0.25, -0.2) is 0 Å². The Kier molecular flexibility index (Phi) is 13.0. The predicted molar refractivity (Wildman–Crippen MR) is 184 cm³/mol. The molecule has 0 heterocycles. The van der Waals surface area contributed by atoms with Gasteiger partial charge in [-0.05, 0) is 72.8 Å². The number of anilines is 1. The van der Waals surface area contributed by atoms with Crippen LogP contribution in [0.15, 0.2) is 90.5 Å². The smallest absolute Gasteiger partial charge is 0.416 e. The number of carbonyl (C=O) groups is 3. The molecule has 2 unspecified atom stereocenters. The van der Waals surface area contributed by atoms with Crippen LogP contribution < -0.4 is 20.7 Å². The zero-order valence-corrected chi connectivity index (χ0v) is 28.2. The van der Waals surface area contributed by atoms with Crippen LogP contribution >= 0.6 is 0 Å². The molecule has 0 aromatic heterocycles. The van der Waals surface area contributed by atoms with Gasteiger partial charge >= 0.3 is 12.1 Å². The van der Waals surface area contributed by atoms with E-state index in [0.29, 0.717) is 65.2 Å². The van der Waals surface area contributed by atoms with E-state index in [9.17, 15) is 32.7 Å². The standard InChI is InChI=1S/C38H42F3N3O6/c1-4-42-35(47)37(36(48)43-5-2,27-11-7-6-8-12-27)21-22-50-33(45)24-25-15-20-31(32(23-25)49-3)44-34(46)30-14-10-9-13-29(30)26-16-18-28(19-17-26)38(39,40)41/h6-9,11-13,15-20,23,35,42,47H,4-5,10,14,21-22,24H2,1-3H3,(H,43,48)(H,44,46). The molecule has 0 aliphatic heterocycles. The molecule has 2 atom stereocenters. The van der Waals surface area contributed by atoms with Crippen molar-refractivity contribution < 1.29 is 42.1 Å². The number of aliphatic hydroxyl groups excluding tert-OH is 1. The third-order valence-corrected chi connectivity index (χ3v) is 8.49. The lowest BCUT2D eigenvalue weighted by Gasteiger charge is -2.37. The van der Waals surface area contributed by atoms with Gasteiger partial charge in [0, 0.05) is 18.5 Å². The Hall–Kier alpha value is -4.94. The molecule has 266 valence electrons. The number of benzene rings is 3. The first kappa shape index (κ1) is 37.9. The lowest BCUT2D eigenvalue weighted by Crippen LogP contribution is -2.58. The van der Waals surface area contributed by atoms with Gasteiger partial charge in [-0.2, -0.15) is 13.2 Å². The van der Waals surface area contributed by atoms with Crippen LogP contribution in [-0.2, 0) is 37.1 Å². The number of alkyl halides is 3. The number of hydrogen-bond donors (Lipinski definition) is 4. The van der Waals surface area contributed by atoms with Crippen LogP contribution in [0.25, 0.3) is 5.57 Å². The lowest BCUT2D eigenvalue weighted by molar-refractivity contribution is -0.146. The van der Waals surface area contributed by atoms with E-state index in [4.69, 9.17) is 9.47 Å². The first-order chi connectivity index (χ1) is 23.9. The minimum absolute atomic E-state index is 0.0105. The summed E-state index contributed by atoms with van der Waals surface area (Å²) in [6, 6.07) is 18.4. The number of hydrogen-bond acceptors (Lipinski definition) is 7. The van der Waals surface area contributed by atoms with Crippen molar-refractivity contribution in [1.82, 2.24) is 10.6 Å². The van der Waals surface area contributed by atoms with E-state index in [2.05, 4.69) is 16.0 Å². The van der Waals surface area contributed by atoms with Crippen LogP contribution in [0.1, 0.15) is 55.4 Å². The number of ether oxygens (including phenoxy) is 2. The number of methoxy groups -OCH3 is 1. The number of carbonyl (C=O) groups excluding carboxylic acids is 3. The molecule has 0 saturated heterocycles. The quantitative estimate of drug-likeness (QED) is 0.115. The van der Waals surface area contributed by atoms with Crippen molar-refractivity contribution in [2.24, 2.45) is 0 Å². The van der Waals surface area contributed by atoms with E-state index in [1.54, 1.807) is 55.5 Å². The van der Waals surface area contributed by atoms with Gasteiger partial charge in [-0.3, -0.25) is 19.7 Å². The third kappa shape index (κ3) is 8.99. The van der Waals surface area contributed by atoms with Gasteiger partial charge in [0.25, 0.3) is 5.91 Å². The van der Waals surface area contributed by atoms with Gasteiger partial charge in [0.1, 0.15) is 17.4 Å². The molecule has 0 radical (unpaired) electrons. The van der Waals surface area contributed by atoms with E-state index in [1.807, 2.05) is 19.1 Å². The summed E-state index contributed by atoms with van der Waals surface area (Å²) in [5.74, 6) is -1.10. The van der Waals surface area contributed by atoms with Gasteiger partial charge in [-0.1, -0.05) is 67.6 Å². The minimum Gasteiger partial charge on any atom is -0.495 e. The van der Waals surface area contributed by atoms with Crippen molar-refractivity contribution in [3.63, 3.8) is 0 Å². The molecule has 50 heavy (non-hydrogen) atoms. The molecule has 2 amide bonds. The second kappa shape index (κ2) is 17.1. The van der Waals surface area contributed by atoms with Crippen LogP contribution in [-0.4, -0.2) is 55.9 Å². The van der Waals surface area contributed by atoms with Gasteiger partial charge in [0.05, 0.1) is 31.4 Å². The highest BCUT2D eigenvalue weighted by Gasteiger charge is 2.46. The predicted octanol–water partition coefficient (Wildman–Crippen LogP) is 5.93.